The zero-order valence-corrected chi connectivity index (χ0v) is 9.95. The van der Waals surface area contributed by atoms with E-state index >= 15 is 0 Å². The largest absolute Gasteiger partial charge is 0.463 e. The maximum absolute atomic E-state index is 11.3. The summed E-state index contributed by atoms with van der Waals surface area (Å²) in [4.78, 5) is 11.3. The van der Waals surface area contributed by atoms with Crippen LogP contribution in [0.5, 0.6) is 0 Å². The third-order valence-corrected chi connectivity index (χ3v) is 2.79. The highest BCUT2D eigenvalue weighted by molar-refractivity contribution is 5.69. The molecule has 4 nitrogen and oxygen atoms in total. The topological polar surface area (TPSA) is 61.6 Å². The van der Waals surface area contributed by atoms with Crippen LogP contribution in [0.25, 0.3) is 0 Å². The summed E-state index contributed by atoms with van der Waals surface area (Å²) >= 11 is 0. The Hall–Kier alpha value is -0.610. The van der Waals surface area contributed by atoms with E-state index < -0.39 is 0 Å². The lowest BCUT2D eigenvalue weighted by Gasteiger charge is -2.22. The number of rotatable bonds is 7. The predicted octanol–water partition coefficient (Wildman–Crippen LogP) is 1.62. The van der Waals surface area contributed by atoms with Gasteiger partial charge in [0.25, 0.3) is 0 Å². The second kappa shape index (κ2) is 8.53. The van der Waals surface area contributed by atoms with Crippen LogP contribution in [0.4, 0.5) is 0 Å². The van der Waals surface area contributed by atoms with Gasteiger partial charge in [0.15, 0.2) is 0 Å². The zero-order valence-electron chi connectivity index (χ0n) is 9.95. The Morgan fingerprint density at radius 1 is 1.31 bits per heavy atom. The molecule has 1 atom stereocenters. The summed E-state index contributed by atoms with van der Waals surface area (Å²) in [6, 6.07) is 0. The lowest BCUT2D eigenvalue weighted by molar-refractivity contribution is -0.149. The second-order valence-electron chi connectivity index (χ2n) is 4.27. The van der Waals surface area contributed by atoms with Crippen molar-refractivity contribution < 1.29 is 14.3 Å². The van der Waals surface area contributed by atoms with Gasteiger partial charge >= 0.3 is 5.97 Å². The fraction of sp³-hybridized carbons (Fsp3) is 0.917. The number of esters is 1. The number of carbonyl (C=O) groups is 1. The van der Waals surface area contributed by atoms with Gasteiger partial charge in [-0.2, -0.15) is 0 Å². The third kappa shape index (κ3) is 6.08. The molecule has 94 valence electrons. The fourth-order valence-electron chi connectivity index (χ4n) is 1.79. The number of carbonyl (C=O) groups excluding carboxylic acids is 1. The molecule has 1 aliphatic heterocycles. The average Bonchev–Trinajstić information content (AvgIpc) is 2.33. The first-order chi connectivity index (χ1) is 7.83. The van der Waals surface area contributed by atoms with Gasteiger partial charge in [-0.1, -0.05) is 6.42 Å². The van der Waals surface area contributed by atoms with Crippen LogP contribution >= 0.6 is 0 Å². The maximum Gasteiger partial charge on any atom is 0.305 e. The van der Waals surface area contributed by atoms with Crippen molar-refractivity contribution >= 4 is 5.97 Å². The van der Waals surface area contributed by atoms with E-state index in [9.17, 15) is 4.79 Å². The van der Waals surface area contributed by atoms with Crippen LogP contribution in [0, 0.1) is 0 Å². The summed E-state index contributed by atoms with van der Waals surface area (Å²) in [6.45, 7) is 1.93. The monoisotopic (exact) mass is 229 g/mol. The highest BCUT2D eigenvalue weighted by Gasteiger charge is 2.15. The van der Waals surface area contributed by atoms with Crippen molar-refractivity contribution in [2.45, 2.75) is 51.0 Å². The van der Waals surface area contributed by atoms with Crippen LogP contribution in [-0.2, 0) is 14.3 Å². The van der Waals surface area contributed by atoms with Gasteiger partial charge in [-0.05, 0) is 38.6 Å². The molecular weight excluding hydrogens is 206 g/mol. The van der Waals surface area contributed by atoms with Crippen LogP contribution in [-0.4, -0.2) is 31.8 Å². The molecule has 0 radical (unpaired) electrons. The molecule has 4 heteroatoms. The highest BCUT2D eigenvalue weighted by atomic mass is 16.6. The molecule has 0 spiro atoms. The van der Waals surface area contributed by atoms with Gasteiger partial charge in [0, 0.05) is 13.0 Å². The zero-order chi connectivity index (χ0) is 11.6. The fourth-order valence-corrected chi connectivity index (χ4v) is 1.79. The van der Waals surface area contributed by atoms with Crippen LogP contribution < -0.4 is 5.73 Å². The lowest BCUT2D eigenvalue weighted by Crippen LogP contribution is -2.25. The van der Waals surface area contributed by atoms with Crippen molar-refractivity contribution in [3.05, 3.63) is 0 Å². The normalized spacial score (nSPS) is 20.7. The Balaban J connectivity index is 1.96. The summed E-state index contributed by atoms with van der Waals surface area (Å²) in [5.74, 6) is -0.105. The number of hydrogen-bond donors (Lipinski definition) is 1. The van der Waals surface area contributed by atoms with E-state index in [4.69, 9.17) is 15.2 Å². The van der Waals surface area contributed by atoms with E-state index in [-0.39, 0.29) is 12.1 Å². The molecule has 0 aliphatic carbocycles. The van der Waals surface area contributed by atoms with E-state index in [1.807, 2.05) is 0 Å². The molecule has 0 aromatic heterocycles. The van der Waals surface area contributed by atoms with E-state index in [0.717, 1.165) is 38.7 Å². The van der Waals surface area contributed by atoms with Gasteiger partial charge in [-0.3, -0.25) is 4.79 Å². The minimum atomic E-state index is -0.105. The Morgan fingerprint density at radius 3 is 2.88 bits per heavy atom. The first-order valence-corrected chi connectivity index (χ1v) is 6.30. The van der Waals surface area contributed by atoms with Crippen molar-refractivity contribution in [3.8, 4) is 0 Å². The van der Waals surface area contributed by atoms with E-state index in [0.29, 0.717) is 19.6 Å². The van der Waals surface area contributed by atoms with Crippen molar-refractivity contribution in [3.63, 3.8) is 0 Å². The van der Waals surface area contributed by atoms with E-state index in [1.54, 1.807) is 0 Å². The van der Waals surface area contributed by atoms with Crippen molar-refractivity contribution in [1.29, 1.82) is 0 Å². The average molecular weight is 229 g/mol. The molecule has 1 saturated heterocycles. The summed E-state index contributed by atoms with van der Waals surface area (Å²) in [7, 11) is 0. The molecule has 1 fully saturated rings. The minimum Gasteiger partial charge on any atom is -0.463 e. The molecule has 1 rings (SSSR count). The molecule has 0 saturated carbocycles. The summed E-state index contributed by atoms with van der Waals surface area (Å²) in [5.41, 5.74) is 5.37. The van der Waals surface area contributed by atoms with E-state index in [1.165, 1.54) is 6.42 Å². The summed E-state index contributed by atoms with van der Waals surface area (Å²) in [6.07, 6.45) is 6.82. The third-order valence-electron chi connectivity index (χ3n) is 2.79. The number of unbranched alkanes of at least 4 members (excludes halogenated alkanes) is 2. The molecule has 16 heavy (non-hydrogen) atoms. The Labute approximate surface area is 97.5 Å². The van der Waals surface area contributed by atoms with Crippen LogP contribution in [0.1, 0.15) is 44.9 Å². The Morgan fingerprint density at radius 2 is 2.19 bits per heavy atom. The Bertz CT molecular complexity index is 191. The number of ether oxygens (including phenoxy) is 2. The highest BCUT2D eigenvalue weighted by Crippen LogP contribution is 2.13. The SMILES string of the molecule is NCCCCCC(=O)OCC1CCCCO1. The minimum absolute atomic E-state index is 0.105. The number of hydrogen-bond acceptors (Lipinski definition) is 4. The molecule has 2 N–H and O–H groups in total. The molecule has 0 aromatic rings. The van der Waals surface area contributed by atoms with Gasteiger partial charge in [0.2, 0.25) is 0 Å². The maximum atomic E-state index is 11.3. The smallest absolute Gasteiger partial charge is 0.305 e. The standard InChI is InChI=1S/C12H23NO3/c13-8-4-1-2-7-12(14)16-10-11-6-3-5-9-15-11/h11H,1-10,13H2. The molecule has 0 aromatic carbocycles. The molecule has 1 unspecified atom stereocenters. The van der Waals surface area contributed by atoms with Gasteiger partial charge in [0.1, 0.15) is 6.61 Å². The van der Waals surface area contributed by atoms with Gasteiger partial charge in [-0.15, -0.1) is 0 Å². The van der Waals surface area contributed by atoms with Crippen molar-refractivity contribution in [1.82, 2.24) is 0 Å². The molecule has 1 heterocycles. The van der Waals surface area contributed by atoms with Crippen molar-refractivity contribution in [2.24, 2.45) is 5.73 Å². The van der Waals surface area contributed by atoms with E-state index in [2.05, 4.69) is 0 Å². The Kier molecular flexibility index (Phi) is 7.17. The molecule has 0 amide bonds. The van der Waals surface area contributed by atoms with Crippen LogP contribution in [0.2, 0.25) is 0 Å². The first-order valence-electron chi connectivity index (χ1n) is 6.30. The molecule has 0 bridgehead atoms. The number of nitrogens with two attached hydrogens (primary N) is 1. The summed E-state index contributed by atoms with van der Waals surface area (Å²) in [5, 5.41) is 0. The summed E-state index contributed by atoms with van der Waals surface area (Å²) < 4.78 is 10.6. The quantitative estimate of drug-likeness (QED) is 0.532. The first kappa shape index (κ1) is 13.5. The molecular formula is C12H23NO3. The molecule has 1 aliphatic rings. The van der Waals surface area contributed by atoms with Crippen molar-refractivity contribution in [2.75, 3.05) is 19.8 Å². The van der Waals surface area contributed by atoms with Crippen LogP contribution in [0.3, 0.4) is 0 Å². The van der Waals surface area contributed by atoms with Gasteiger partial charge in [0.05, 0.1) is 6.10 Å². The van der Waals surface area contributed by atoms with Gasteiger partial charge < -0.3 is 15.2 Å². The van der Waals surface area contributed by atoms with Gasteiger partial charge in [-0.25, -0.2) is 0 Å². The predicted molar refractivity (Wildman–Crippen MR) is 62.1 cm³/mol. The second-order valence-corrected chi connectivity index (χ2v) is 4.27. The van der Waals surface area contributed by atoms with Crippen LogP contribution in [0.15, 0.2) is 0 Å². The lowest BCUT2D eigenvalue weighted by atomic mass is 10.1.